The van der Waals surface area contributed by atoms with E-state index in [0.29, 0.717) is 55.8 Å². The van der Waals surface area contributed by atoms with Crippen molar-refractivity contribution in [2.45, 2.75) is 57.4 Å². The van der Waals surface area contributed by atoms with Crippen LogP contribution < -0.4 is 25.4 Å². The normalized spacial score (nSPS) is 16.9. The highest BCUT2D eigenvalue weighted by Crippen LogP contribution is 2.32. The number of benzene rings is 1. The zero-order valence-corrected chi connectivity index (χ0v) is 15.7. The van der Waals surface area contributed by atoms with E-state index in [0.717, 1.165) is 19.3 Å². The third kappa shape index (κ3) is 6.34. The number of urea groups is 1. The van der Waals surface area contributed by atoms with Crippen molar-refractivity contribution in [2.75, 3.05) is 25.1 Å². The number of carbonyl (C=O) groups excluding carboxylic acids is 2. The van der Waals surface area contributed by atoms with E-state index in [9.17, 15) is 9.59 Å². The summed E-state index contributed by atoms with van der Waals surface area (Å²) in [6, 6.07) is 5.56. The first-order chi connectivity index (χ1) is 13.2. The lowest BCUT2D eigenvalue weighted by molar-refractivity contribution is -0.116. The molecule has 3 N–H and O–H groups in total. The van der Waals surface area contributed by atoms with Crippen molar-refractivity contribution in [3.8, 4) is 11.5 Å². The average Bonchev–Trinajstić information content (AvgIpc) is 2.91. The molecule has 0 saturated heterocycles. The molecule has 7 heteroatoms. The maximum absolute atomic E-state index is 12.1. The minimum Gasteiger partial charge on any atom is -0.490 e. The predicted molar refractivity (Wildman–Crippen MR) is 103 cm³/mol. The third-order valence-electron chi connectivity index (χ3n) is 4.84. The van der Waals surface area contributed by atoms with Gasteiger partial charge in [0, 0.05) is 37.2 Å². The largest absolute Gasteiger partial charge is 0.490 e. The number of nitrogens with one attached hydrogen (secondary N) is 3. The van der Waals surface area contributed by atoms with E-state index in [1.807, 2.05) is 6.07 Å². The van der Waals surface area contributed by atoms with Crippen molar-refractivity contribution in [1.82, 2.24) is 10.6 Å². The smallest absolute Gasteiger partial charge is 0.315 e. The molecule has 0 unspecified atom stereocenters. The summed E-state index contributed by atoms with van der Waals surface area (Å²) < 4.78 is 11.2. The van der Waals surface area contributed by atoms with Crippen LogP contribution >= 0.6 is 0 Å². The van der Waals surface area contributed by atoms with E-state index in [1.54, 1.807) is 12.1 Å². The second kappa shape index (κ2) is 10.0. The lowest BCUT2D eigenvalue weighted by Crippen LogP contribution is -2.43. The minimum absolute atomic E-state index is 0.0843. The molecule has 1 saturated carbocycles. The molecule has 0 aromatic heterocycles. The fourth-order valence-corrected chi connectivity index (χ4v) is 3.40. The Bertz CT molecular complexity index is 644. The molecule has 0 radical (unpaired) electrons. The van der Waals surface area contributed by atoms with Gasteiger partial charge in [0.1, 0.15) is 0 Å². The molecule has 1 heterocycles. The van der Waals surface area contributed by atoms with Gasteiger partial charge in [-0.25, -0.2) is 4.79 Å². The zero-order chi connectivity index (χ0) is 18.9. The van der Waals surface area contributed by atoms with Crippen molar-refractivity contribution in [2.24, 2.45) is 0 Å². The van der Waals surface area contributed by atoms with Crippen molar-refractivity contribution in [3.63, 3.8) is 0 Å². The van der Waals surface area contributed by atoms with Crippen LogP contribution in [-0.4, -0.2) is 37.7 Å². The van der Waals surface area contributed by atoms with Crippen LogP contribution in [0.1, 0.15) is 51.4 Å². The van der Waals surface area contributed by atoms with Gasteiger partial charge in [0.2, 0.25) is 5.91 Å². The van der Waals surface area contributed by atoms with Gasteiger partial charge in [0.05, 0.1) is 13.2 Å². The molecule has 2 aliphatic rings. The number of carbonyl (C=O) groups is 2. The highest BCUT2D eigenvalue weighted by molar-refractivity contribution is 5.91. The van der Waals surface area contributed by atoms with E-state index in [-0.39, 0.29) is 11.9 Å². The lowest BCUT2D eigenvalue weighted by Gasteiger charge is -2.22. The summed E-state index contributed by atoms with van der Waals surface area (Å²) in [4.78, 5) is 24.0. The van der Waals surface area contributed by atoms with Crippen LogP contribution in [0.5, 0.6) is 11.5 Å². The molecule has 0 spiro atoms. The number of anilines is 1. The van der Waals surface area contributed by atoms with Crippen molar-refractivity contribution in [1.29, 1.82) is 0 Å². The molecule has 1 aromatic rings. The first-order valence-electron chi connectivity index (χ1n) is 9.94. The second-order valence-electron chi connectivity index (χ2n) is 7.10. The van der Waals surface area contributed by atoms with E-state index < -0.39 is 0 Å². The predicted octanol–water partition coefficient (Wildman–Crippen LogP) is 3.20. The van der Waals surface area contributed by atoms with Gasteiger partial charge >= 0.3 is 6.03 Å². The van der Waals surface area contributed by atoms with Gasteiger partial charge < -0.3 is 25.4 Å². The highest BCUT2D eigenvalue weighted by atomic mass is 16.5. The summed E-state index contributed by atoms with van der Waals surface area (Å²) in [5, 5.41) is 8.70. The fourth-order valence-electron chi connectivity index (χ4n) is 3.40. The maximum atomic E-state index is 12.1. The van der Waals surface area contributed by atoms with Gasteiger partial charge in [-0.15, -0.1) is 0 Å². The number of ether oxygens (including phenoxy) is 2. The Morgan fingerprint density at radius 2 is 1.78 bits per heavy atom. The summed E-state index contributed by atoms with van der Waals surface area (Å²) in [7, 11) is 0. The third-order valence-corrected chi connectivity index (χ3v) is 4.84. The zero-order valence-electron chi connectivity index (χ0n) is 15.7. The van der Waals surface area contributed by atoms with Crippen molar-refractivity contribution in [3.05, 3.63) is 18.2 Å². The van der Waals surface area contributed by atoms with Crippen LogP contribution in [0, 0.1) is 0 Å². The van der Waals surface area contributed by atoms with Gasteiger partial charge in [-0.3, -0.25) is 4.79 Å². The number of rotatable bonds is 6. The molecule has 7 nitrogen and oxygen atoms in total. The van der Waals surface area contributed by atoms with Crippen LogP contribution in [0.15, 0.2) is 18.2 Å². The average molecular weight is 375 g/mol. The molecule has 3 rings (SSSR count). The molecule has 3 amide bonds. The van der Waals surface area contributed by atoms with Crippen LogP contribution in [-0.2, 0) is 4.79 Å². The Kier molecular flexibility index (Phi) is 7.19. The van der Waals surface area contributed by atoms with Gasteiger partial charge in [0.15, 0.2) is 11.5 Å². The first-order valence-corrected chi connectivity index (χ1v) is 9.94. The summed E-state index contributed by atoms with van der Waals surface area (Å²) >= 11 is 0. The van der Waals surface area contributed by atoms with Crippen molar-refractivity contribution < 1.29 is 19.1 Å². The molecule has 1 aliphatic heterocycles. The first kappa shape index (κ1) is 19.3. The molecule has 1 aliphatic carbocycles. The summed E-state index contributed by atoms with van der Waals surface area (Å²) in [6.07, 6.45) is 7.54. The molecule has 1 fully saturated rings. The highest BCUT2D eigenvalue weighted by Gasteiger charge is 2.15. The Morgan fingerprint density at radius 1 is 1.00 bits per heavy atom. The van der Waals surface area contributed by atoms with Gasteiger partial charge in [0.25, 0.3) is 0 Å². The van der Waals surface area contributed by atoms with Crippen LogP contribution in [0.25, 0.3) is 0 Å². The molecule has 148 valence electrons. The second-order valence-corrected chi connectivity index (χ2v) is 7.10. The summed E-state index contributed by atoms with van der Waals surface area (Å²) in [6.45, 7) is 1.73. The van der Waals surface area contributed by atoms with E-state index in [2.05, 4.69) is 16.0 Å². The minimum atomic E-state index is -0.134. The van der Waals surface area contributed by atoms with Gasteiger partial charge in [-0.2, -0.15) is 0 Å². The van der Waals surface area contributed by atoms with Crippen LogP contribution in [0.3, 0.4) is 0 Å². The van der Waals surface area contributed by atoms with E-state index in [1.165, 1.54) is 19.3 Å². The fraction of sp³-hybridized carbons (Fsp3) is 0.600. The van der Waals surface area contributed by atoms with Crippen LogP contribution in [0.4, 0.5) is 10.5 Å². The molecule has 1 aromatic carbocycles. The Hall–Kier alpha value is -2.44. The summed E-state index contributed by atoms with van der Waals surface area (Å²) in [5.74, 6) is 1.28. The molecular weight excluding hydrogens is 346 g/mol. The molecule has 0 atom stereocenters. The number of amides is 3. The summed E-state index contributed by atoms with van der Waals surface area (Å²) in [5.41, 5.74) is 0.687. The maximum Gasteiger partial charge on any atom is 0.315 e. The monoisotopic (exact) mass is 375 g/mol. The number of hydrogen-bond acceptors (Lipinski definition) is 4. The Morgan fingerprint density at radius 3 is 2.59 bits per heavy atom. The Balaban J connectivity index is 1.33. The van der Waals surface area contributed by atoms with Crippen molar-refractivity contribution >= 4 is 17.6 Å². The van der Waals surface area contributed by atoms with Gasteiger partial charge in [-0.05, 0) is 31.4 Å². The van der Waals surface area contributed by atoms with Crippen LogP contribution in [0.2, 0.25) is 0 Å². The molecular formula is C20H29N3O4. The SMILES string of the molecule is O=C(CCCNC(=O)NC1CCCCC1)Nc1ccc2c(c1)OCCCO2. The topological polar surface area (TPSA) is 88.7 Å². The number of hydrogen-bond donors (Lipinski definition) is 3. The standard InChI is InChI=1S/C20H29N3O4/c24-19(8-4-11-21-20(25)23-15-6-2-1-3-7-15)22-16-9-10-17-18(14-16)27-13-5-12-26-17/h9-10,14-15H,1-8,11-13H2,(H,22,24)(H2,21,23,25). The van der Waals surface area contributed by atoms with E-state index >= 15 is 0 Å². The van der Waals surface area contributed by atoms with Gasteiger partial charge in [-0.1, -0.05) is 19.3 Å². The van der Waals surface area contributed by atoms with E-state index in [4.69, 9.17) is 9.47 Å². The number of fused-ring (bicyclic) bond motifs is 1. The Labute approximate surface area is 160 Å². The lowest BCUT2D eigenvalue weighted by atomic mass is 9.96. The molecule has 0 bridgehead atoms. The molecule has 27 heavy (non-hydrogen) atoms. The quantitative estimate of drug-likeness (QED) is 0.666.